The van der Waals surface area contributed by atoms with Crippen molar-refractivity contribution < 1.29 is 18.3 Å². The highest BCUT2D eigenvalue weighted by Gasteiger charge is 2.35. The Balaban J connectivity index is 1.77. The van der Waals surface area contributed by atoms with Crippen molar-refractivity contribution in [3.8, 4) is 17.2 Å². The van der Waals surface area contributed by atoms with Gasteiger partial charge in [-0.2, -0.15) is 0 Å². The number of fused-ring (bicyclic) bond motifs is 2. The summed E-state index contributed by atoms with van der Waals surface area (Å²) in [5.41, 5.74) is 4.39. The lowest BCUT2D eigenvalue weighted by Gasteiger charge is -2.14. The first-order chi connectivity index (χ1) is 15.0. The lowest BCUT2D eigenvalue weighted by atomic mass is 9.94. The molecule has 2 aromatic heterocycles. The molecule has 4 aromatic rings. The molecule has 156 valence electrons. The Labute approximate surface area is 177 Å². The number of carbonyl (C=O) groups is 1. The third kappa shape index (κ3) is 3.11. The number of carbonyl (C=O) groups excluding carboxylic acids is 1. The minimum Gasteiger partial charge on any atom is -0.494 e. The number of nitrogens with zero attached hydrogens (tertiary/aromatic N) is 4. The van der Waals surface area contributed by atoms with Crippen molar-refractivity contribution in [2.45, 2.75) is 19.9 Å². The summed E-state index contributed by atoms with van der Waals surface area (Å²) in [6.45, 7) is 2.12. The summed E-state index contributed by atoms with van der Waals surface area (Å²) in [5.74, 6) is 0.797. The molecule has 31 heavy (non-hydrogen) atoms. The zero-order valence-corrected chi connectivity index (χ0v) is 17.3. The number of halogens is 1. The summed E-state index contributed by atoms with van der Waals surface area (Å²) in [6.07, 6.45) is 2.32. The highest BCUT2D eigenvalue weighted by Crippen LogP contribution is 2.44. The van der Waals surface area contributed by atoms with E-state index in [4.69, 9.17) is 9.15 Å². The fourth-order valence-electron chi connectivity index (χ4n) is 4.08. The molecule has 1 amide bonds. The molecule has 0 fully saturated rings. The fraction of sp³-hybridized carbons (Fsp3) is 0.217. The molecule has 0 atom stereocenters. The van der Waals surface area contributed by atoms with Crippen molar-refractivity contribution in [2.75, 3.05) is 14.2 Å². The molecule has 0 unspecified atom stereocenters. The van der Waals surface area contributed by atoms with Crippen molar-refractivity contribution in [3.05, 3.63) is 70.5 Å². The summed E-state index contributed by atoms with van der Waals surface area (Å²) < 4.78 is 24.7. The Morgan fingerprint density at radius 2 is 1.94 bits per heavy atom. The number of methoxy groups -OCH3 is 1. The van der Waals surface area contributed by atoms with Crippen molar-refractivity contribution in [3.63, 3.8) is 0 Å². The Kier molecular flexibility index (Phi) is 4.43. The van der Waals surface area contributed by atoms with Gasteiger partial charge in [0.1, 0.15) is 11.3 Å². The van der Waals surface area contributed by atoms with Crippen LogP contribution in [0.5, 0.6) is 5.75 Å². The van der Waals surface area contributed by atoms with Crippen molar-refractivity contribution in [2.24, 2.45) is 0 Å². The van der Waals surface area contributed by atoms with Crippen LogP contribution in [0.1, 0.15) is 32.9 Å². The number of ether oxygens (including phenoxy) is 1. The molecule has 3 heterocycles. The molecule has 0 aliphatic carbocycles. The number of hydrogen-bond acceptors (Lipinski definition) is 6. The Bertz CT molecular complexity index is 1330. The first-order valence-corrected chi connectivity index (χ1v) is 9.78. The molecular formula is C23H19FN4O3. The number of pyridine rings is 1. The van der Waals surface area contributed by atoms with Gasteiger partial charge in [0, 0.05) is 37.7 Å². The second-order valence-corrected chi connectivity index (χ2v) is 7.59. The fourth-order valence-corrected chi connectivity index (χ4v) is 4.08. The smallest absolute Gasteiger partial charge is 0.258 e. The topological polar surface area (TPSA) is 81.3 Å². The van der Waals surface area contributed by atoms with E-state index >= 15 is 0 Å². The standard InChI is InChI=1S/C23H19FN4O3/c1-12-26-27-22(31-12)18-16-9-14(8-13-4-6-15(24)7-5-13)10-25-20(16)21(30-3)19-17(18)11-28(2)23(19)29/h4-7,9-10H,8,11H2,1-3H3. The molecule has 1 aliphatic heterocycles. The van der Waals surface area contributed by atoms with Crippen LogP contribution in [0.2, 0.25) is 0 Å². The lowest BCUT2D eigenvalue weighted by Crippen LogP contribution is -2.17. The highest BCUT2D eigenvalue weighted by molar-refractivity contribution is 6.11. The molecular weight excluding hydrogens is 399 g/mol. The summed E-state index contributed by atoms with van der Waals surface area (Å²) >= 11 is 0. The number of aromatic nitrogens is 3. The van der Waals surface area contributed by atoms with E-state index in [1.165, 1.54) is 19.2 Å². The van der Waals surface area contributed by atoms with E-state index in [0.717, 1.165) is 22.1 Å². The van der Waals surface area contributed by atoms with Gasteiger partial charge in [-0.1, -0.05) is 12.1 Å². The van der Waals surface area contributed by atoms with Gasteiger partial charge in [-0.25, -0.2) is 4.39 Å². The number of amides is 1. The van der Waals surface area contributed by atoms with Crippen LogP contribution in [0.3, 0.4) is 0 Å². The summed E-state index contributed by atoms with van der Waals surface area (Å²) in [4.78, 5) is 19.1. The molecule has 0 saturated carbocycles. The second kappa shape index (κ2) is 7.16. The van der Waals surface area contributed by atoms with Crippen LogP contribution in [0.15, 0.2) is 40.9 Å². The Hall–Kier alpha value is -3.81. The minimum absolute atomic E-state index is 0.136. The molecule has 0 bridgehead atoms. The average Bonchev–Trinajstić information content (AvgIpc) is 3.31. The van der Waals surface area contributed by atoms with Gasteiger partial charge in [0.05, 0.1) is 18.2 Å². The number of aryl methyl sites for hydroxylation is 1. The minimum atomic E-state index is -0.275. The average molecular weight is 418 g/mol. The van der Waals surface area contributed by atoms with Crippen LogP contribution in [-0.4, -0.2) is 40.1 Å². The normalized spacial score (nSPS) is 13.2. The molecule has 2 aromatic carbocycles. The van der Waals surface area contributed by atoms with Gasteiger partial charge in [0.25, 0.3) is 5.91 Å². The summed E-state index contributed by atoms with van der Waals surface area (Å²) in [7, 11) is 3.27. The molecule has 0 radical (unpaired) electrons. The van der Waals surface area contributed by atoms with Crippen LogP contribution < -0.4 is 4.74 Å². The van der Waals surface area contributed by atoms with Gasteiger partial charge in [0.15, 0.2) is 5.75 Å². The van der Waals surface area contributed by atoms with Gasteiger partial charge in [0.2, 0.25) is 11.8 Å². The molecule has 0 saturated heterocycles. The Morgan fingerprint density at radius 1 is 1.16 bits per heavy atom. The van der Waals surface area contributed by atoms with Crippen molar-refractivity contribution in [1.82, 2.24) is 20.1 Å². The second-order valence-electron chi connectivity index (χ2n) is 7.59. The third-order valence-corrected chi connectivity index (χ3v) is 5.48. The van der Waals surface area contributed by atoms with Gasteiger partial charge in [-0.05, 0) is 35.7 Å². The predicted molar refractivity (Wildman–Crippen MR) is 111 cm³/mol. The van der Waals surface area contributed by atoms with Crippen LogP contribution in [0.25, 0.3) is 22.4 Å². The van der Waals surface area contributed by atoms with E-state index in [9.17, 15) is 9.18 Å². The monoisotopic (exact) mass is 418 g/mol. The van der Waals surface area contributed by atoms with E-state index < -0.39 is 0 Å². The predicted octanol–water partition coefficient (Wildman–Crippen LogP) is 3.92. The summed E-state index contributed by atoms with van der Waals surface area (Å²) in [6, 6.07) is 8.37. The zero-order chi connectivity index (χ0) is 21.7. The maximum absolute atomic E-state index is 13.3. The molecule has 1 aliphatic rings. The van der Waals surface area contributed by atoms with Crippen LogP contribution >= 0.6 is 0 Å². The maximum Gasteiger partial charge on any atom is 0.258 e. The molecule has 0 spiro atoms. The summed E-state index contributed by atoms with van der Waals surface area (Å²) in [5, 5.41) is 8.95. The highest BCUT2D eigenvalue weighted by atomic mass is 19.1. The zero-order valence-electron chi connectivity index (χ0n) is 17.3. The number of hydrogen-bond donors (Lipinski definition) is 0. The molecule has 0 N–H and O–H groups in total. The van der Waals surface area contributed by atoms with E-state index in [0.29, 0.717) is 47.1 Å². The molecule has 7 nitrogen and oxygen atoms in total. The van der Waals surface area contributed by atoms with Crippen LogP contribution in [0, 0.1) is 12.7 Å². The quantitative estimate of drug-likeness (QED) is 0.500. The lowest BCUT2D eigenvalue weighted by molar-refractivity contribution is 0.0814. The van der Waals surface area contributed by atoms with Gasteiger partial charge < -0.3 is 14.1 Å². The van der Waals surface area contributed by atoms with E-state index in [1.807, 2.05) is 6.07 Å². The Morgan fingerprint density at radius 3 is 2.61 bits per heavy atom. The van der Waals surface area contributed by atoms with Crippen molar-refractivity contribution in [1.29, 1.82) is 0 Å². The van der Waals surface area contributed by atoms with Gasteiger partial charge in [-0.3, -0.25) is 9.78 Å². The van der Waals surface area contributed by atoms with E-state index in [-0.39, 0.29) is 11.7 Å². The van der Waals surface area contributed by atoms with Gasteiger partial charge >= 0.3 is 0 Å². The largest absolute Gasteiger partial charge is 0.494 e. The molecule has 5 rings (SSSR count). The van der Waals surface area contributed by atoms with E-state index in [1.54, 1.807) is 37.2 Å². The van der Waals surface area contributed by atoms with Crippen LogP contribution in [-0.2, 0) is 13.0 Å². The first kappa shape index (κ1) is 19.2. The van der Waals surface area contributed by atoms with E-state index in [2.05, 4.69) is 15.2 Å². The number of rotatable bonds is 4. The maximum atomic E-state index is 13.3. The van der Waals surface area contributed by atoms with Gasteiger partial charge in [-0.15, -0.1) is 10.2 Å². The first-order valence-electron chi connectivity index (χ1n) is 9.78. The SMILES string of the molecule is COc1c2c(c(-c3nnc(C)o3)c3cc(Cc4ccc(F)cc4)cnc13)CN(C)C2=O. The van der Waals surface area contributed by atoms with Crippen molar-refractivity contribution >= 4 is 16.8 Å². The van der Waals surface area contributed by atoms with Crippen LogP contribution in [0.4, 0.5) is 4.39 Å². The molecule has 8 heteroatoms. The number of benzene rings is 2. The third-order valence-electron chi connectivity index (χ3n) is 5.48.